The summed E-state index contributed by atoms with van der Waals surface area (Å²) in [6.07, 6.45) is 1.96. The standard InChI is InChI=1S/C26H23F3N6O2/c1-26(2,30)23-15(27)9-12(11-31-23)16-7-8-19-32-21-17-10-14(22(21)35(19)33-16)20-13(24(36)34(17)3)5-4-6-18(20)37-25(28)29/h4-9,11,14,17,25H,10,30H2,1-3H3. The van der Waals surface area contributed by atoms with Gasteiger partial charge < -0.3 is 15.4 Å². The van der Waals surface area contributed by atoms with E-state index in [0.717, 1.165) is 0 Å². The Morgan fingerprint density at radius 1 is 1.22 bits per heavy atom. The van der Waals surface area contributed by atoms with Crippen LogP contribution in [-0.4, -0.2) is 44.0 Å². The fourth-order valence-corrected chi connectivity index (χ4v) is 5.41. The fraction of sp³-hybridized carbons (Fsp3) is 0.308. The van der Waals surface area contributed by atoms with Gasteiger partial charge in [-0.05, 0) is 50.6 Å². The van der Waals surface area contributed by atoms with E-state index in [0.29, 0.717) is 45.8 Å². The number of nitrogens with zero attached hydrogens (tertiary/aromatic N) is 5. The largest absolute Gasteiger partial charge is 0.434 e. The van der Waals surface area contributed by atoms with Crippen molar-refractivity contribution in [3.8, 4) is 17.0 Å². The number of hydrogen-bond donors (Lipinski definition) is 1. The molecule has 1 aliphatic heterocycles. The van der Waals surface area contributed by atoms with Gasteiger partial charge in [-0.25, -0.2) is 13.9 Å². The first-order chi connectivity index (χ1) is 17.5. The second-order valence-corrected chi connectivity index (χ2v) is 9.96. The molecular formula is C26H23F3N6O2. The minimum absolute atomic E-state index is 0.0508. The molecule has 2 N–H and O–H groups in total. The highest BCUT2D eigenvalue weighted by Gasteiger charge is 2.46. The molecule has 8 nitrogen and oxygen atoms in total. The van der Waals surface area contributed by atoms with Gasteiger partial charge >= 0.3 is 6.61 Å². The van der Waals surface area contributed by atoms with Crippen molar-refractivity contribution < 1.29 is 22.7 Å². The van der Waals surface area contributed by atoms with Crippen LogP contribution >= 0.6 is 0 Å². The molecule has 2 aliphatic rings. The third-order valence-corrected chi connectivity index (χ3v) is 7.04. The van der Waals surface area contributed by atoms with Crippen LogP contribution < -0.4 is 10.5 Å². The van der Waals surface area contributed by atoms with Crippen LogP contribution in [0.25, 0.3) is 16.9 Å². The predicted octanol–water partition coefficient (Wildman–Crippen LogP) is 4.39. The Kier molecular flexibility index (Phi) is 5.07. The number of pyridine rings is 1. The number of ether oxygens (including phenoxy) is 1. The summed E-state index contributed by atoms with van der Waals surface area (Å²) in [5.74, 6) is -1.35. The second-order valence-electron chi connectivity index (χ2n) is 9.96. The van der Waals surface area contributed by atoms with Crippen LogP contribution in [0.1, 0.15) is 65.2 Å². The third-order valence-electron chi connectivity index (χ3n) is 7.04. The molecule has 37 heavy (non-hydrogen) atoms. The van der Waals surface area contributed by atoms with E-state index in [1.807, 2.05) is 0 Å². The summed E-state index contributed by atoms with van der Waals surface area (Å²) in [5, 5.41) is 4.73. The molecule has 3 aromatic heterocycles. The molecule has 1 amide bonds. The van der Waals surface area contributed by atoms with Crippen LogP contribution in [0.4, 0.5) is 13.2 Å². The molecule has 0 saturated carbocycles. The Bertz CT molecular complexity index is 1580. The Labute approximate surface area is 209 Å². The van der Waals surface area contributed by atoms with E-state index < -0.39 is 23.9 Å². The van der Waals surface area contributed by atoms with Crippen molar-refractivity contribution in [2.45, 2.75) is 44.4 Å². The summed E-state index contributed by atoms with van der Waals surface area (Å²) in [7, 11) is 1.67. The van der Waals surface area contributed by atoms with E-state index in [4.69, 9.17) is 20.6 Å². The summed E-state index contributed by atoms with van der Waals surface area (Å²) < 4.78 is 47.9. The Hall–Kier alpha value is -3.99. The van der Waals surface area contributed by atoms with Gasteiger partial charge in [-0.1, -0.05) is 6.07 Å². The highest BCUT2D eigenvalue weighted by molar-refractivity contribution is 5.98. The fourth-order valence-electron chi connectivity index (χ4n) is 5.41. The van der Waals surface area contributed by atoms with Gasteiger partial charge in [-0.2, -0.15) is 13.9 Å². The first-order valence-corrected chi connectivity index (χ1v) is 11.7. The molecule has 0 saturated heterocycles. The van der Waals surface area contributed by atoms with E-state index >= 15 is 0 Å². The van der Waals surface area contributed by atoms with Gasteiger partial charge in [0.1, 0.15) is 11.6 Å². The Morgan fingerprint density at radius 3 is 2.70 bits per heavy atom. The SMILES string of the molecule is CN1C(=O)c2cccc(OC(F)F)c2C2CC1c1nc3ccc(-c4cnc(C(C)(C)N)c(F)c4)nn3c12. The van der Waals surface area contributed by atoms with Gasteiger partial charge in [0.25, 0.3) is 5.91 Å². The number of rotatable bonds is 4. The van der Waals surface area contributed by atoms with Crippen LogP contribution in [0.5, 0.6) is 5.75 Å². The zero-order valence-electron chi connectivity index (χ0n) is 20.2. The minimum Gasteiger partial charge on any atom is -0.434 e. The normalized spacial score (nSPS) is 18.8. The molecule has 1 aromatic carbocycles. The molecule has 2 unspecified atom stereocenters. The highest BCUT2D eigenvalue weighted by Crippen LogP contribution is 2.52. The molecule has 0 spiro atoms. The van der Waals surface area contributed by atoms with Crippen molar-refractivity contribution in [1.82, 2.24) is 24.5 Å². The molecule has 11 heteroatoms. The van der Waals surface area contributed by atoms with E-state index in [1.165, 1.54) is 24.4 Å². The number of carbonyl (C=O) groups excluding carboxylic acids is 1. The van der Waals surface area contributed by atoms with Crippen LogP contribution in [-0.2, 0) is 5.54 Å². The lowest BCUT2D eigenvalue weighted by atomic mass is 9.91. The summed E-state index contributed by atoms with van der Waals surface area (Å²) in [5.41, 5.74) is 8.64. The lowest BCUT2D eigenvalue weighted by Gasteiger charge is -2.23. The molecule has 0 radical (unpaired) electrons. The summed E-state index contributed by atoms with van der Waals surface area (Å²) in [4.78, 5) is 23.8. The van der Waals surface area contributed by atoms with Crippen molar-refractivity contribution in [3.05, 3.63) is 76.6 Å². The van der Waals surface area contributed by atoms with Gasteiger partial charge in [0.05, 0.1) is 34.4 Å². The molecule has 2 bridgehead atoms. The van der Waals surface area contributed by atoms with Gasteiger partial charge in [-0.3, -0.25) is 9.78 Å². The molecule has 4 aromatic rings. The maximum Gasteiger partial charge on any atom is 0.387 e. The lowest BCUT2D eigenvalue weighted by molar-refractivity contribution is -0.0506. The number of fused-ring (bicyclic) bond motifs is 9. The molecule has 1 aliphatic carbocycles. The molecule has 190 valence electrons. The van der Waals surface area contributed by atoms with E-state index in [2.05, 4.69) is 4.98 Å². The van der Waals surface area contributed by atoms with Crippen molar-refractivity contribution in [1.29, 1.82) is 0 Å². The number of hydrogen-bond acceptors (Lipinski definition) is 6. The molecule has 6 rings (SSSR count). The van der Waals surface area contributed by atoms with Gasteiger partial charge in [0.2, 0.25) is 0 Å². The minimum atomic E-state index is -3.05. The maximum atomic E-state index is 14.8. The van der Waals surface area contributed by atoms with Gasteiger partial charge in [-0.15, -0.1) is 0 Å². The van der Waals surface area contributed by atoms with E-state index in [9.17, 15) is 18.0 Å². The summed E-state index contributed by atoms with van der Waals surface area (Å²) in [6, 6.07) is 9.00. The quantitative estimate of drug-likeness (QED) is 0.439. The number of imidazole rings is 1. The van der Waals surface area contributed by atoms with Gasteiger partial charge in [0.15, 0.2) is 5.65 Å². The molecule has 0 fully saturated rings. The molecule has 4 heterocycles. The van der Waals surface area contributed by atoms with Crippen molar-refractivity contribution in [2.75, 3.05) is 7.05 Å². The molecular weight excluding hydrogens is 485 g/mol. The Morgan fingerprint density at radius 2 is 2.00 bits per heavy atom. The summed E-state index contributed by atoms with van der Waals surface area (Å²) >= 11 is 0. The second kappa shape index (κ2) is 8.01. The average Bonchev–Trinajstić information content (AvgIpc) is 3.35. The number of carbonyl (C=O) groups is 1. The number of amides is 1. The number of alkyl halides is 2. The summed E-state index contributed by atoms with van der Waals surface area (Å²) in [6.45, 7) is 0.294. The first kappa shape index (κ1) is 23.4. The monoisotopic (exact) mass is 508 g/mol. The highest BCUT2D eigenvalue weighted by atomic mass is 19.3. The topological polar surface area (TPSA) is 98.6 Å². The van der Waals surface area contributed by atoms with Crippen molar-refractivity contribution >= 4 is 11.6 Å². The van der Waals surface area contributed by atoms with Crippen molar-refractivity contribution in [2.24, 2.45) is 5.73 Å². The van der Waals surface area contributed by atoms with Gasteiger partial charge in [0, 0.05) is 35.9 Å². The van der Waals surface area contributed by atoms with E-state index in [1.54, 1.807) is 48.5 Å². The maximum absolute atomic E-state index is 14.8. The first-order valence-electron chi connectivity index (χ1n) is 11.7. The molecule has 2 atom stereocenters. The number of halogens is 3. The third kappa shape index (κ3) is 3.56. The predicted molar refractivity (Wildman–Crippen MR) is 128 cm³/mol. The van der Waals surface area contributed by atoms with Crippen LogP contribution in [0.2, 0.25) is 0 Å². The van der Waals surface area contributed by atoms with Crippen LogP contribution in [0.15, 0.2) is 42.6 Å². The Balaban J connectivity index is 1.53. The average molecular weight is 509 g/mol. The van der Waals surface area contributed by atoms with Crippen LogP contribution in [0.3, 0.4) is 0 Å². The van der Waals surface area contributed by atoms with Crippen LogP contribution in [0, 0.1) is 5.82 Å². The number of aromatic nitrogens is 4. The smallest absolute Gasteiger partial charge is 0.387 e. The zero-order chi connectivity index (χ0) is 26.2. The lowest BCUT2D eigenvalue weighted by Crippen LogP contribution is -2.31. The van der Waals surface area contributed by atoms with Crippen molar-refractivity contribution in [3.63, 3.8) is 0 Å². The van der Waals surface area contributed by atoms with E-state index in [-0.39, 0.29) is 23.4 Å². The number of nitrogens with two attached hydrogens (primary N) is 1. The number of benzene rings is 1. The zero-order valence-corrected chi connectivity index (χ0v) is 20.2.